The molecule has 1 atom stereocenters. The summed E-state index contributed by atoms with van der Waals surface area (Å²) in [6, 6.07) is 5.89. The molecule has 0 aromatic heterocycles. The lowest BCUT2D eigenvalue weighted by molar-refractivity contribution is 0.282. The van der Waals surface area contributed by atoms with Gasteiger partial charge in [0.1, 0.15) is 0 Å². The Labute approximate surface area is 114 Å². The van der Waals surface area contributed by atoms with Crippen LogP contribution in [0.2, 0.25) is 0 Å². The summed E-state index contributed by atoms with van der Waals surface area (Å²) in [5.41, 5.74) is 6.87. The number of nitrogens with one attached hydrogen (secondary N) is 1. The predicted octanol–water partition coefficient (Wildman–Crippen LogP) is 1.07. The van der Waals surface area contributed by atoms with Crippen molar-refractivity contribution in [3.8, 4) is 11.5 Å². The Morgan fingerprint density at radius 3 is 2.53 bits per heavy atom. The third kappa shape index (κ3) is 4.70. The maximum absolute atomic E-state index is 8.75. The average Bonchev–Trinajstić information content (AvgIpc) is 2.46. The van der Waals surface area contributed by atoms with E-state index in [-0.39, 0.29) is 12.6 Å². The predicted molar refractivity (Wildman–Crippen MR) is 75.7 cm³/mol. The Balaban J connectivity index is 2.69. The van der Waals surface area contributed by atoms with E-state index in [1.54, 1.807) is 14.2 Å². The molecular formula is C14H24N2O3. The van der Waals surface area contributed by atoms with Crippen molar-refractivity contribution in [1.29, 1.82) is 0 Å². The molecule has 1 aromatic rings. The Bertz CT molecular complexity index is 372. The van der Waals surface area contributed by atoms with Crippen LogP contribution < -0.4 is 20.5 Å². The number of benzene rings is 1. The molecule has 0 saturated carbocycles. The number of rotatable bonds is 9. The van der Waals surface area contributed by atoms with E-state index in [1.165, 1.54) is 0 Å². The van der Waals surface area contributed by atoms with E-state index in [0.29, 0.717) is 18.0 Å². The first kappa shape index (κ1) is 15.8. The van der Waals surface area contributed by atoms with Crippen LogP contribution in [-0.2, 0) is 0 Å². The Hall–Kier alpha value is -1.30. The van der Waals surface area contributed by atoms with E-state index in [9.17, 15) is 0 Å². The molecule has 0 heterocycles. The van der Waals surface area contributed by atoms with Crippen LogP contribution in [0.3, 0.4) is 0 Å². The van der Waals surface area contributed by atoms with Crippen molar-refractivity contribution >= 4 is 0 Å². The number of aliphatic hydroxyl groups is 1. The minimum absolute atomic E-state index is 0.0819. The molecular weight excluding hydrogens is 244 g/mol. The summed E-state index contributed by atoms with van der Waals surface area (Å²) in [6.07, 6.45) is 1.73. The number of hydrogen-bond donors (Lipinski definition) is 3. The molecule has 0 aliphatic rings. The van der Waals surface area contributed by atoms with E-state index >= 15 is 0 Å². The van der Waals surface area contributed by atoms with Gasteiger partial charge in [-0.05, 0) is 37.1 Å². The number of hydrogen-bond acceptors (Lipinski definition) is 5. The normalized spacial score (nSPS) is 12.2. The lowest BCUT2D eigenvalue weighted by Gasteiger charge is -2.19. The van der Waals surface area contributed by atoms with Crippen molar-refractivity contribution in [2.45, 2.75) is 18.9 Å². The van der Waals surface area contributed by atoms with Gasteiger partial charge >= 0.3 is 0 Å². The molecule has 0 bridgehead atoms. The van der Waals surface area contributed by atoms with Crippen LogP contribution in [0, 0.1) is 0 Å². The second-order valence-electron chi connectivity index (χ2n) is 4.29. The van der Waals surface area contributed by atoms with Crippen molar-refractivity contribution in [3.63, 3.8) is 0 Å². The zero-order valence-electron chi connectivity index (χ0n) is 11.7. The van der Waals surface area contributed by atoms with Crippen LogP contribution in [0.1, 0.15) is 24.4 Å². The van der Waals surface area contributed by atoms with Crippen molar-refractivity contribution in [2.24, 2.45) is 5.73 Å². The summed E-state index contributed by atoms with van der Waals surface area (Å²) in [5.74, 6) is 1.41. The van der Waals surface area contributed by atoms with E-state index in [1.807, 2.05) is 18.2 Å². The van der Waals surface area contributed by atoms with Gasteiger partial charge in [-0.3, -0.25) is 0 Å². The Morgan fingerprint density at radius 1 is 1.21 bits per heavy atom. The second-order valence-corrected chi connectivity index (χ2v) is 4.29. The monoisotopic (exact) mass is 268 g/mol. The highest BCUT2D eigenvalue weighted by Gasteiger charge is 2.12. The minimum atomic E-state index is 0.0819. The zero-order valence-corrected chi connectivity index (χ0v) is 11.7. The van der Waals surface area contributed by atoms with Gasteiger partial charge in [0.15, 0.2) is 11.5 Å². The molecule has 19 heavy (non-hydrogen) atoms. The highest BCUT2D eigenvalue weighted by atomic mass is 16.5. The fourth-order valence-electron chi connectivity index (χ4n) is 1.92. The van der Waals surface area contributed by atoms with Gasteiger partial charge in [-0.2, -0.15) is 0 Å². The molecule has 0 spiro atoms. The molecule has 108 valence electrons. The summed E-state index contributed by atoms with van der Waals surface area (Å²) in [4.78, 5) is 0. The van der Waals surface area contributed by atoms with Crippen LogP contribution in [0.4, 0.5) is 0 Å². The molecule has 5 nitrogen and oxygen atoms in total. The molecule has 1 unspecified atom stereocenters. The zero-order chi connectivity index (χ0) is 14.1. The summed E-state index contributed by atoms with van der Waals surface area (Å²) in [5, 5.41) is 12.1. The van der Waals surface area contributed by atoms with Gasteiger partial charge in [-0.15, -0.1) is 0 Å². The molecule has 0 aliphatic carbocycles. The van der Waals surface area contributed by atoms with Crippen LogP contribution in [0.5, 0.6) is 11.5 Å². The topological polar surface area (TPSA) is 76.7 Å². The molecule has 4 N–H and O–H groups in total. The molecule has 0 fully saturated rings. The van der Waals surface area contributed by atoms with Crippen LogP contribution in [0.15, 0.2) is 18.2 Å². The molecule has 0 saturated heterocycles. The standard InChI is InChI=1S/C14H24N2O3/c1-18-13-6-5-11(9-14(13)19-2)12(10-15)16-7-3-4-8-17/h5-6,9,12,16-17H,3-4,7-8,10,15H2,1-2H3. The SMILES string of the molecule is COc1ccc(C(CN)NCCCCO)cc1OC. The maximum Gasteiger partial charge on any atom is 0.161 e. The third-order valence-corrected chi connectivity index (χ3v) is 3.02. The molecule has 0 radical (unpaired) electrons. The minimum Gasteiger partial charge on any atom is -0.493 e. The number of unbranched alkanes of at least 4 members (excludes halogenated alkanes) is 1. The summed E-state index contributed by atoms with van der Waals surface area (Å²) in [6.45, 7) is 1.57. The van der Waals surface area contributed by atoms with Crippen LogP contribution >= 0.6 is 0 Å². The highest BCUT2D eigenvalue weighted by molar-refractivity contribution is 5.43. The largest absolute Gasteiger partial charge is 0.493 e. The molecule has 1 rings (SSSR count). The number of nitrogens with two attached hydrogens (primary N) is 1. The second kappa shape index (κ2) is 8.74. The van der Waals surface area contributed by atoms with Crippen molar-refractivity contribution in [2.75, 3.05) is 33.9 Å². The van der Waals surface area contributed by atoms with E-state index in [2.05, 4.69) is 5.32 Å². The van der Waals surface area contributed by atoms with Crippen LogP contribution in [-0.4, -0.2) is 39.0 Å². The van der Waals surface area contributed by atoms with Gasteiger partial charge in [-0.25, -0.2) is 0 Å². The average molecular weight is 268 g/mol. The van der Waals surface area contributed by atoms with Gasteiger partial charge in [0.2, 0.25) is 0 Å². The van der Waals surface area contributed by atoms with Crippen LogP contribution in [0.25, 0.3) is 0 Å². The van der Waals surface area contributed by atoms with Gasteiger partial charge < -0.3 is 25.6 Å². The fraction of sp³-hybridized carbons (Fsp3) is 0.571. The van der Waals surface area contributed by atoms with E-state index < -0.39 is 0 Å². The van der Waals surface area contributed by atoms with Crippen molar-refractivity contribution in [1.82, 2.24) is 5.32 Å². The van der Waals surface area contributed by atoms with Gasteiger partial charge in [-0.1, -0.05) is 6.07 Å². The Kier molecular flexibility index (Phi) is 7.25. The summed E-state index contributed by atoms with van der Waals surface area (Å²) in [7, 11) is 3.23. The Morgan fingerprint density at radius 2 is 1.95 bits per heavy atom. The first-order chi connectivity index (χ1) is 9.26. The quantitative estimate of drug-likeness (QED) is 0.584. The first-order valence-corrected chi connectivity index (χ1v) is 6.53. The third-order valence-electron chi connectivity index (χ3n) is 3.02. The number of aliphatic hydroxyl groups excluding tert-OH is 1. The van der Waals surface area contributed by atoms with Crippen molar-refractivity contribution < 1.29 is 14.6 Å². The van der Waals surface area contributed by atoms with E-state index in [4.69, 9.17) is 20.3 Å². The fourth-order valence-corrected chi connectivity index (χ4v) is 1.92. The molecule has 0 amide bonds. The summed E-state index contributed by atoms with van der Waals surface area (Å²) < 4.78 is 10.5. The van der Waals surface area contributed by atoms with Gasteiger partial charge in [0.25, 0.3) is 0 Å². The van der Waals surface area contributed by atoms with Gasteiger partial charge in [0, 0.05) is 19.2 Å². The smallest absolute Gasteiger partial charge is 0.161 e. The molecule has 0 aliphatic heterocycles. The maximum atomic E-state index is 8.75. The molecule has 5 heteroatoms. The first-order valence-electron chi connectivity index (χ1n) is 6.53. The van der Waals surface area contributed by atoms with Gasteiger partial charge in [0.05, 0.1) is 14.2 Å². The number of methoxy groups -OCH3 is 2. The number of ether oxygens (including phenoxy) is 2. The molecule has 1 aromatic carbocycles. The lowest BCUT2D eigenvalue weighted by atomic mass is 10.1. The van der Waals surface area contributed by atoms with Crippen molar-refractivity contribution in [3.05, 3.63) is 23.8 Å². The van der Waals surface area contributed by atoms with E-state index in [0.717, 1.165) is 24.9 Å². The summed E-state index contributed by atoms with van der Waals surface area (Å²) >= 11 is 0. The lowest BCUT2D eigenvalue weighted by Crippen LogP contribution is -2.29. The highest BCUT2D eigenvalue weighted by Crippen LogP contribution is 2.29.